The van der Waals surface area contributed by atoms with Crippen LogP contribution in [0.4, 0.5) is 0 Å². The largest absolute Gasteiger partial charge is 0.422 e. The molecule has 1 amide bonds. The minimum Gasteiger partial charge on any atom is -0.422 e. The second-order valence-electron chi connectivity index (χ2n) is 5.68. The third kappa shape index (κ3) is 3.27. The van der Waals surface area contributed by atoms with E-state index in [-0.39, 0.29) is 12.1 Å². The fraction of sp³-hybridized carbons (Fsp3) is 0.0500. The van der Waals surface area contributed by atoms with Crippen LogP contribution in [0.2, 0.25) is 0 Å². The van der Waals surface area contributed by atoms with E-state index in [2.05, 4.69) is 10.3 Å². The molecule has 0 aliphatic rings. The Balaban J connectivity index is 1.50. The number of rotatable bonds is 4. The van der Waals surface area contributed by atoms with Crippen LogP contribution >= 0.6 is 11.3 Å². The zero-order valence-electron chi connectivity index (χ0n) is 13.6. The summed E-state index contributed by atoms with van der Waals surface area (Å²) in [6, 6.07) is 18.5. The first-order valence-electron chi connectivity index (χ1n) is 8.01. The van der Waals surface area contributed by atoms with Crippen molar-refractivity contribution in [1.82, 2.24) is 10.3 Å². The molecule has 4 aromatic rings. The molecule has 0 atom stereocenters. The van der Waals surface area contributed by atoms with E-state index in [0.29, 0.717) is 11.0 Å². The van der Waals surface area contributed by atoms with Crippen LogP contribution < -0.4 is 10.9 Å². The first-order valence-corrected chi connectivity index (χ1v) is 8.89. The van der Waals surface area contributed by atoms with Crippen LogP contribution in [0.5, 0.6) is 0 Å². The van der Waals surface area contributed by atoms with E-state index in [1.54, 1.807) is 24.3 Å². The zero-order valence-corrected chi connectivity index (χ0v) is 14.5. The molecule has 2 aromatic carbocycles. The van der Waals surface area contributed by atoms with Crippen molar-refractivity contribution < 1.29 is 9.21 Å². The highest BCUT2D eigenvalue weighted by atomic mass is 32.1. The van der Waals surface area contributed by atoms with Crippen LogP contribution in [-0.4, -0.2) is 10.9 Å². The maximum atomic E-state index is 12.4. The average molecular weight is 362 g/mol. The highest BCUT2D eigenvalue weighted by Gasteiger charge is 2.14. The second kappa shape index (κ2) is 6.93. The van der Waals surface area contributed by atoms with Gasteiger partial charge in [-0.25, -0.2) is 9.78 Å². The number of para-hydroxylation sites is 1. The van der Waals surface area contributed by atoms with Gasteiger partial charge in [0.1, 0.15) is 16.2 Å². The number of hydrogen-bond donors (Lipinski definition) is 1. The molecule has 0 radical (unpaired) electrons. The molecule has 0 aliphatic heterocycles. The lowest BCUT2D eigenvalue weighted by molar-refractivity contribution is 0.0947. The summed E-state index contributed by atoms with van der Waals surface area (Å²) in [5.41, 5.74) is 1.57. The van der Waals surface area contributed by atoms with Gasteiger partial charge in [-0.05, 0) is 12.1 Å². The number of nitrogens with zero attached hydrogens (tertiary/aromatic N) is 1. The maximum absolute atomic E-state index is 12.4. The summed E-state index contributed by atoms with van der Waals surface area (Å²) in [4.78, 5) is 28.9. The number of aromatic nitrogens is 1. The zero-order chi connectivity index (χ0) is 17.9. The van der Waals surface area contributed by atoms with Crippen LogP contribution in [0, 0.1) is 0 Å². The van der Waals surface area contributed by atoms with Gasteiger partial charge in [0.25, 0.3) is 5.91 Å². The summed E-state index contributed by atoms with van der Waals surface area (Å²) in [7, 11) is 0. The number of nitrogens with one attached hydrogen (secondary N) is 1. The third-order valence-corrected chi connectivity index (χ3v) is 4.83. The molecule has 128 valence electrons. The molecule has 4 rings (SSSR count). The Hall–Kier alpha value is -3.25. The number of carbonyl (C=O) groups excluding carboxylic acids is 1. The second-order valence-corrected chi connectivity index (χ2v) is 6.54. The Bertz CT molecular complexity index is 1130. The van der Waals surface area contributed by atoms with E-state index in [9.17, 15) is 9.59 Å². The lowest BCUT2D eigenvalue weighted by Gasteiger charge is -2.03. The van der Waals surface area contributed by atoms with Gasteiger partial charge in [-0.3, -0.25) is 4.79 Å². The predicted molar refractivity (Wildman–Crippen MR) is 101 cm³/mol. The van der Waals surface area contributed by atoms with Crippen molar-refractivity contribution >= 4 is 28.2 Å². The molecule has 0 aliphatic carbocycles. The molecule has 2 heterocycles. The molecule has 0 unspecified atom stereocenters. The summed E-state index contributed by atoms with van der Waals surface area (Å²) in [5, 5.41) is 6.22. The minimum absolute atomic E-state index is 0.0118. The van der Waals surface area contributed by atoms with E-state index < -0.39 is 11.5 Å². The van der Waals surface area contributed by atoms with E-state index >= 15 is 0 Å². The Kier molecular flexibility index (Phi) is 4.33. The first kappa shape index (κ1) is 16.2. The number of benzene rings is 2. The molecular weight excluding hydrogens is 348 g/mol. The first-order chi connectivity index (χ1) is 12.7. The van der Waals surface area contributed by atoms with E-state index in [1.807, 2.05) is 41.8 Å². The van der Waals surface area contributed by atoms with E-state index in [4.69, 9.17) is 4.42 Å². The van der Waals surface area contributed by atoms with Crippen LogP contribution in [0.25, 0.3) is 21.5 Å². The maximum Gasteiger partial charge on any atom is 0.349 e. The SMILES string of the molecule is O=C(NCc1csc(-c2ccccc2)n1)c1cc2ccccc2oc1=O. The monoisotopic (exact) mass is 362 g/mol. The average Bonchev–Trinajstić information content (AvgIpc) is 3.15. The van der Waals surface area contributed by atoms with Crippen LogP contribution in [-0.2, 0) is 6.54 Å². The fourth-order valence-corrected chi connectivity index (χ4v) is 3.41. The summed E-state index contributed by atoms with van der Waals surface area (Å²) >= 11 is 1.51. The Morgan fingerprint density at radius 3 is 2.69 bits per heavy atom. The van der Waals surface area contributed by atoms with E-state index in [1.165, 1.54) is 11.3 Å². The van der Waals surface area contributed by atoms with E-state index in [0.717, 1.165) is 16.3 Å². The van der Waals surface area contributed by atoms with Crippen LogP contribution in [0.3, 0.4) is 0 Å². The molecule has 0 saturated carbocycles. The van der Waals surface area contributed by atoms with Gasteiger partial charge in [-0.15, -0.1) is 11.3 Å². The number of amides is 1. The quantitative estimate of drug-likeness (QED) is 0.560. The highest BCUT2D eigenvalue weighted by Crippen LogP contribution is 2.23. The molecule has 6 heteroatoms. The molecule has 26 heavy (non-hydrogen) atoms. The van der Waals surface area contributed by atoms with Crippen molar-refractivity contribution in [3.05, 3.63) is 87.7 Å². The van der Waals surface area contributed by atoms with Gasteiger partial charge in [0, 0.05) is 16.3 Å². The predicted octanol–water partition coefficient (Wildman–Crippen LogP) is 3.85. The van der Waals surface area contributed by atoms with Crippen molar-refractivity contribution in [2.45, 2.75) is 6.54 Å². The van der Waals surface area contributed by atoms with Crippen molar-refractivity contribution in [2.75, 3.05) is 0 Å². The molecule has 0 spiro atoms. The molecule has 2 aromatic heterocycles. The van der Waals surface area contributed by atoms with Crippen molar-refractivity contribution in [1.29, 1.82) is 0 Å². The number of hydrogen-bond acceptors (Lipinski definition) is 5. The molecule has 1 N–H and O–H groups in total. The summed E-state index contributed by atoms with van der Waals surface area (Å²) in [6.07, 6.45) is 0. The lowest BCUT2D eigenvalue weighted by Crippen LogP contribution is -2.27. The van der Waals surface area contributed by atoms with Crippen LogP contribution in [0.1, 0.15) is 16.1 Å². The number of fused-ring (bicyclic) bond motifs is 1. The van der Waals surface area contributed by atoms with Crippen molar-refractivity contribution in [3.8, 4) is 10.6 Å². The Labute approximate surface area is 152 Å². The van der Waals surface area contributed by atoms with Crippen molar-refractivity contribution in [2.24, 2.45) is 0 Å². The van der Waals surface area contributed by atoms with Crippen LogP contribution in [0.15, 0.2) is 75.3 Å². The van der Waals surface area contributed by atoms with Gasteiger partial charge in [0.2, 0.25) is 0 Å². The Morgan fingerprint density at radius 1 is 1.08 bits per heavy atom. The molecule has 0 fully saturated rings. The fourth-order valence-electron chi connectivity index (χ4n) is 2.59. The van der Waals surface area contributed by atoms with Gasteiger partial charge in [0.05, 0.1) is 12.2 Å². The minimum atomic E-state index is -0.649. The standard InChI is InChI=1S/C20H14N2O3S/c23-18(16-10-14-8-4-5-9-17(14)25-20(16)24)21-11-15-12-26-19(22-15)13-6-2-1-3-7-13/h1-10,12H,11H2,(H,21,23). The third-order valence-electron chi connectivity index (χ3n) is 3.89. The number of carbonyl (C=O) groups is 1. The van der Waals surface area contributed by atoms with Crippen molar-refractivity contribution in [3.63, 3.8) is 0 Å². The summed E-state index contributed by atoms with van der Waals surface area (Å²) < 4.78 is 5.20. The molecule has 5 nitrogen and oxygen atoms in total. The Morgan fingerprint density at radius 2 is 1.85 bits per heavy atom. The normalized spacial score (nSPS) is 10.8. The van der Waals surface area contributed by atoms with Gasteiger partial charge in [-0.1, -0.05) is 48.5 Å². The molecular formula is C20H14N2O3S. The molecule has 0 saturated heterocycles. The summed E-state index contributed by atoms with van der Waals surface area (Å²) in [6.45, 7) is 0.244. The number of thiazole rings is 1. The lowest BCUT2D eigenvalue weighted by atomic mass is 10.2. The van der Waals surface area contributed by atoms with Gasteiger partial charge < -0.3 is 9.73 Å². The molecule has 0 bridgehead atoms. The van der Waals surface area contributed by atoms with Gasteiger partial charge in [0.15, 0.2) is 0 Å². The van der Waals surface area contributed by atoms with Gasteiger partial charge in [-0.2, -0.15) is 0 Å². The highest BCUT2D eigenvalue weighted by molar-refractivity contribution is 7.13. The topological polar surface area (TPSA) is 72.2 Å². The summed E-state index contributed by atoms with van der Waals surface area (Å²) in [5.74, 6) is -0.473. The van der Waals surface area contributed by atoms with Gasteiger partial charge >= 0.3 is 5.63 Å². The smallest absolute Gasteiger partial charge is 0.349 e.